The van der Waals surface area contributed by atoms with Crippen LogP contribution >= 0.6 is 12.4 Å². The molecule has 0 amide bonds. The average Bonchev–Trinajstić information content (AvgIpc) is 2.11. The molecule has 0 spiro atoms. The first kappa shape index (κ1) is 11.1. The molecule has 1 saturated heterocycles. The largest absolute Gasteiger partial charge is 0.374 e. The molecule has 1 fully saturated rings. The zero-order valence-electron chi connectivity index (χ0n) is 5.73. The summed E-state index contributed by atoms with van der Waals surface area (Å²) in [5.74, 6) is 0. The van der Waals surface area contributed by atoms with Crippen LogP contribution in [0.25, 0.3) is 0 Å². The van der Waals surface area contributed by atoms with Gasteiger partial charge in [-0.05, 0) is 6.42 Å². The molecule has 0 radical (unpaired) electrons. The van der Waals surface area contributed by atoms with E-state index in [4.69, 9.17) is 5.73 Å². The maximum Gasteiger partial charge on any atom is 0.374 e. The van der Waals surface area contributed by atoms with Gasteiger partial charge in [0.2, 0.25) is 0 Å². The van der Waals surface area contributed by atoms with Crippen molar-refractivity contribution < 1.29 is 12.3 Å². The van der Waals surface area contributed by atoms with E-state index in [2.05, 4.69) is 0 Å². The average molecular weight is 205 g/mol. The Labute approximate surface area is 71.3 Å². The first-order valence-electron chi connectivity index (χ1n) is 2.95. The van der Waals surface area contributed by atoms with Crippen molar-refractivity contribution in [1.29, 1.82) is 0 Å². The van der Waals surface area contributed by atoms with E-state index in [1.807, 2.05) is 0 Å². The van der Waals surface area contributed by atoms with E-state index in [-0.39, 0.29) is 31.5 Å². The Kier molecular flexibility index (Phi) is 3.69. The third-order valence-electron chi connectivity index (χ3n) is 1.50. The molecule has 1 aliphatic rings. The van der Waals surface area contributed by atoms with E-state index in [0.717, 1.165) is 4.31 Å². The van der Waals surface area contributed by atoms with E-state index in [1.54, 1.807) is 0 Å². The fourth-order valence-electron chi connectivity index (χ4n) is 0.952. The maximum absolute atomic E-state index is 12.1. The molecule has 0 aromatic rings. The van der Waals surface area contributed by atoms with Gasteiger partial charge in [-0.1, -0.05) is 3.89 Å². The van der Waals surface area contributed by atoms with Gasteiger partial charge in [0.05, 0.1) is 0 Å². The number of nitrogens with zero attached hydrogens (tertiary/aromatic N) is 1. The highest BCUT2D eigenvalue weighted by Gasteiger charge is 2.28. The van der Waals surface area contributed by atoms with Crippen LogP contribution in [-0.2, 0) is 10.4 Å². The molecule has 4 nitrogen and oxygen atoms in total. The molecule has 0 aliphatic carbocycles. The quantitative estimate of drug-likeness (QED) is 0.595. The Morgan fingerprint density at radius 3 is 2.27 bits per heavy atom. The molecule has 1 heterocycles. The van der Waals surface area contributed by atoms with Crippen molar-refractivity contribution in [3.05, 3.63) is 0 Å². The summed E-state index contributed by atoms with van der Waals surface area (Å²) in [5.41, 5.74) is 5.35. The molecule has 1 aliphatic heterocycles. The van der Waals surface area contributed by atoms with Crippen LogP contribution in [0.2, 0.25) is 0 Å². The van der Waals surface area contributed by atoms with Crippen LogP contribution in [0.3, 0.4) is 0 Å². The van der Waals surface area contributed by atoms with Crippen LogP contribution in [0.15, 0.2) is 0 Å². The van der Waals surface area contributed by atoms with Gasteiger partial charge in [0.25, 0.3) is 0 Å². The number of rotatable bonds is 1. The van der Waals surface area contributed by atoms with Crippen molar-refractivity contribution in [2.24, 2.45) is 5.73 Å². The maximum atomic E-state index is 12.1. The predicted octanol–water partition coefficient (Wildman–Crippen LogP) is -0.345. The fourth-order valence-corrected chi connectivity index (χ4v) is 1.65. The lowest BCUT2D eigenvalue weighted by atomic mass is 10.3. The SMILES string of the molecule is Cl.NC1CCN(S(=O)(=O)F)C1. The smallest absolute Gasteiger partial charge is 0.326 e. The van der Waals surface area contributed by atoms with Crippen molar-refractivity contribution in [3.8, 4) is 0 Å². The normalized spacial score (nSPS) is 26.5. The van der Waals surface area contributed by atoms with E-state index < -0.39 is 10.4 Å². The third kappa shape index (κ3) is 2.90. The van der Waals surface area contributed by atoms with Crippen molar-refractivity contribution in [1.82, 2.24) is 4.31 Å². The monoisotopic (exact) mass is 204 g/mol. The minimum atomic E-state index is -4.48. The van der Waals surface area contributed by atoms with Gasteiger partial charge in [-0.2, -0.15) is 12.7 Å². The fraction of sp³-hybridized carbons (Fsp3) is 1.00. The molecule has 1 rings (SSSR count). The van der Waals surface area contributed by atoms with E-state index in [9.17, 15) is 12.3 Å². The molecule has 2 N–H and O–H groups in total. The second kappa shape index (κ2) is 3.66. The number of hydrogen-bond acceptors (Lipinski definition) is 3. The Balaban J connectivity index is 0.000001000. The standard InChI is InChI=1S/C4H9FN2O2S.ClH/c5-10(8,9)7-2-1-4(6)3-7;/h4H,1-3,6H2;1H. The summed E-state index contributed by atoms with van der Waals surface area (Å²) in [7, 11) is -4.48. The van der Waals surface area contributed by atoms with Crippen molar-refractivity contribution in [2.75, 3.05) is 13.1 Å². The van der Waals surface area contributed by atoms with Gasteiger partial charge in [0.1, 0.15) is 0 Å². The Morgan fingerprint density at radius 2 is 2.09 bits per heavy atom. The second-order valence-corrected chi connectivity index (χ2v) is 3.69. The highest BCUT2D eigenvalue weighted by molar-refractivity contribution is 7.83. The van der Waals surface area contributed by atoms with Gasteiger partial charge in [0.15, 0.2) is 0 Å². The van der Waals surface area contributed by atoms with Gasteiger partial charge in [-0.15, -0.1) is 12.4 Å². The van der Waals surface area contributed by atoms with E-state index >= 15 is 0 Å². The first-order chi connectivity index (χ1) is 4.50. The lowest BCUT2D eigenvalue weighted by Crippen LogP contribution is -2.29. The minimum Gasteiger partial charge on any atom is -0.326 e. The van der Waals surface area contributed by atoms with Gasteiger partial charge >= 0.3 is 10.4 Å². The summed E-state index contributed by atoms with van der Waals surface area (Å²) in [4.78, 5) is 0. The Morgan fingerprint density at radius 1 is 1.55 bits per heavy atom. The van der Waals surface area contributed by atoms with Crippen molar-refractivity contribution >= 4 is 22.8 Å². The number of halogens is 2. The highest BCUT2D eigenvalue weighted by atomic mass is 35.5. The van der Waals surface area contributed by atoms with Crippen LogP contribution in [0, 0.1) is 0 Å². The molecule has 1 unspecified atom stereocenters. The molecule has 68 valence electrons. The summed E-state index contributed by atoms with van der Waals surface area (Å²) >= 11 is 0. The summed E-state index contributed by atoms with van der Waals surface area (Å²) in [6.45, 7) is 0.318. The number of hydrogen-bond donors (Lipinski definition) is 1. The van der Waals surface area contributed by atoms with Gasteiger partial charge in [-0.3, -0.25) is 0 Å². The molecule has 7 heteroatoms. The summed E-state index contributed by atoms with van der Waals surface area (Å²) in [6.07, 6.45) is 0.545. The topological polar surface area (TPSA) is 63.4 Å². The third-order valence-corrected chi connectivity index (χ3v) is 2.44. The zero-order valence-corrected chi connectivity index (χ0v) is 7.37. The summed E-state index contributed by atoms with van der Waals surface area (Å²) in [5, 5.41) is 0. The predicted molar refractivity (Wildman–Crippen MR) is 41.4 cm³/mol. The molecular weight excluding hydrogens is 195 g/mol. The van der Waals surface area contributed by atoms with Gasteiger partial charge in [0, 0.05) is 19.1 Å². The zero-order chi connectivity index (χ0) is 7.78. The van der Waals surface area contributed by atoms with Gasteiger partial charge in [-0.25, -0.2) is 0 Å². The highest BCUT2D eigenvalue weighted by Crippen LogP contribution is 2.12. The van der Waals surface area contributed by atoms with Gasteiger partial charge < -0.3 is 5.73 Å². The second-order valence-electron chi connectivity index (χ2n) is 2.35. The molecule has 0 aromatic heterocycles. The molecule has 11 heavy (non-hydrogen) atoms. The molecule has 0 saturated carbocycles. The van der Waals surface area contributed by atoms with Crippen molar-refractivity contribution in [2.45, 2.75) is 12.5 Å². The van der Waals surface area contributed by atoms with E-state index in [0.29, 0.717) is 6.42 Å². The molecule has 1 atom stereocenters. The van der Waals surface area contributed by atoms with Crippen LogP contribution in [-0.4, -0.2) is 31.9 Å². The van der Waals surface area contributed by atoms with Crippen LogP contribution in [0.5, 0.6) is 0 Å². The molecule has 0 bridgehead atoms. The molecular formula is C4H10ClFN2O2S. The number of nitrogens with two attached hydrogens (primary N) is 1. The van der Waals surface area contributed by atoms with Crippen LogP contribution < -0.4 is 5.73 Å². The summed E-state index contributed by atoms with van der Waals surface area (Å²) in [6, 6.07) is -0.203. The van der Waals surface area contributed by atoms with E-state index in [1.165, 1.54) is 0 Å². The lowest BCUT2D eigenvalue weighted by Gasteiger charge is -2.06. The molecule has 0 aromatic carbocycles. The van der Waals surface area contributed by atoms with Crippen LogP contribution in [0.1, 0.15) is 6.42 Å². The van der Waals surface area contributed by atoms with Crippen molar-refractivity contribution in [3.63, 3.8) is 0 Å². The first-order valence-corrected chi connectivity index (χ1v) is 4.29. The Bertz CT molecular complexity index is 220. The lowest BCUT2D eigenvalue weighted by molar-refractivity contribution is 0.434. The van der Waals surface area contributed by atoms with Crippen LogP contribution in [0.4, 0.5) is 3.89 Å². The summed E-state index contributed by atoms with van der Waals surface area (Å²) < 4.78 is 33.2. The minimum absolute atomic E-state index is 0. The Hall–Kier alpha value is 0.0900.